The molecule has 0 saturated carbocycles. The van der Waals surface area contributed by atoms with E-state index in [9.17, 15) is 17.6 Å². The van der Waals surface area contributed by atoms with Crippen LogP contribution >= 0.6 is 11.6 Å². The molecule has 0 unspecified atom stereocenters. The van der Waals surface area contributed by atoms with Crippen LogP contribution in [-0.4, -0.2) is 19.3 Å². The van der Waals surface area contributed by atoms with Crippen molar-refractivity contribution < 1.29 is 17.6 Å². The molecule has 1 aromatic carbocycles. The summed E-state index contributed by atoms with van der Waals surface area (Å²) in [6.45, 7) is 0. The smallest absolute Gasteiger partial charge is 0.257 e. The number of aromatic nitrogens is 1. The predicted octanol–water partition coefficient (Wildman–Crippen LogP) is 1.77. The second-order valence-corrected chi connectivity index (χ2v) is 5.96. The molecule has 1 heterocycles. The van der Waals surface area contributed by atoms with Crippen molar-refractivity contribution in [1.29, 1.82) is 0 Å². The Morgan fingerprint density at radius 1 is 1.33 bits per heavy atom. The number of halogens is 2. The maximum Gasteiger partial charge on any atom is 0.257 e. The molecule has 0 atom stereocenters. The molecule has 1 amide bonds. The highest BCUT2D eigenvalue weighted by atomic mass is 35.5. The third kappa shape index (κ3) is 3.54. The lowest BCUT2D eigenvalue weighted by Crippen LogP contribution is -2.15. The van der Waals surface area contributed by atoms with E-state index in [1.165, 1.54) is 18.5 Å². The summed E-state index contributed by atoms with van der Waals surface area (Å²) in [6.07, 6.45) is 2.64. The van der Waals surface area contributed by atoms with E-state index in [1.54, 1.807) is 0 Å². The van der Waals surface area contributed by atoms with Gasteiger partial charge in [-0.1, -0.05) is 11.6 Å². The SMILES string of the molecule is NS(=O)(=O)c1ccc(NC(=O)c2ccncc2Cl)c(F)c1. The number of sulfonamides is 1. The van der Waals surface area contributed by atoms with Crippen molar-refractivity contribution in [1.82, 2.24) is 4.98 Å². The minimum Gasteiger partial charge on any atom is -0.319 e. The Hall–Kier alpha value is -2.03. The van der Waals surface area contributed by atoms with E-state index in [0.29, 0.717) is 0 Å². The summed E-state index contributed by atoms with van der Waals surface area (Å²) in [6, 6.07) is 4.28. The summed E-state index contributed by atoms with van der Waals surface area (Å²) in [4.78, 5) is 15.3. The van der Waals surface area contributed by atoms with E-state index in [2.05, 4.69) is 10.3 Å². The average Bonchev–Trinajstić information content (AvgIpc) is 2.40. The van der Waals surface area contributed by atoms with Crippen LogP contribution in [0, 0.1) is 5.82 Å². The number of benzene rings is 1. The van der Waals surface area contributed by atoms with Crippen LogP contribution in [-0.2, 0) is 10.0 Å². The van der Waals surface area contributed by atoms with Crippen LogP contribution in [0.4, 0.5) is 10.1 Å². The molecular formula is C12H9ClFN3O3S. The largest absolute Gasteiger partial charge is 0.319 e. The molecular weight excluding hydrogens is 321 g/mol. The lowest BCUT2D eigenvalue weighted by Gasteiger charge is -2.08. The molecule has 0 radical (unpaired) electrons. The highest BCUT2D eigenvalue weighted by Gasteiger charge is 2.15. The minimum atomic E-state index is -4.01. The summed E-state index contributed by atoms with van der Waals surface area (Å²) in [5.41, 5.74) is -0.0816. The molecule has 110 valence electrons. The van der Waals surface area contributed by atoms with Gasteiger partial charge in [-0.3, -0.25) is 9.78 Å². The van der Waals surface area contributed by atoms with Crippen molar-refractivity contribution in [2.24, 2.45) is 5.14 Å². The van der Waals surface area contributed by atoms with Crippen molar-refractivity contribution in [3.8, 4) is 0 Å². The summed E-state index contributed by atoms with van der Waals surface area (Å²) >= 11 is 5.80. The zero-order valence-electron chi connectivity index (χ0n) is 10.4. The van der Waals surface area contributed by atoms with Crippen molar-refractivity contribution >= 4 is 33.2 Å². The van der Waals surface area contributed by atoms with Gasteiger partial charge in [-0.15, -0.1) is 0 Å². The van der Waals surface area contributed by atoms with Crippen LogP contribution in [0.25, 0.3) is 0 Å². The molecule has 0 bridgehead atoms. The van der Waals surface area contributed by atoms with Gasteiger partial charge >= 0.3 is 0 Å². The zero-order valence-corrected chi connectivity index (χ0v) is 12.0. The van der Waals surface area contributed by atoms with Crippen molar-refractivity contribution in [2.75, 3.05) is 5.32 Å². The number of hydrogen-bond acceptors (Lipinski definition) is 4. The molecule has 0 fully saturated rings. The van der Waals surface area contributed by atoms with Gasteiger partial charge in [0.2, 0.25) is 10.0 Å². The Balaban J connectivity index is 2.29. The van der Waals surface area contributed by atoms with E-state index in [-0.39, 0.29) is 21.2 Å². The van der Waals surface area contributed by atoms with Crippen molar-refractivity contribution in [2.45, 2.75) is 4.90 Å². The fourth-order valence-electron chi connectivity index (χ4n) is 1.52. The Bertz CT molecular complexity index is 811. The van der Waals surface area contributed by atoms with E-state index < -0.39 is 21.7 Å². The number of pyridine rings is 1. The van der Waals surface area contributed by atoms with Crippen LogP contribution in [0.1, 0.15) is 10.4 Å². The molecule has 0 spiro atoms. The van der Waals surface area contributed by atoms with Crippen LogP contribution < -0.4 is 10.5 Å². The molecule has 0 aliphatic carbocycles. The molecule has 3 N–H and O–H groups in total. The predicted molar refractivity (Wildman–Crippen MR) is 75.0 cm³/mol. The summed E-state index contributed by atoms with van der Waals surface area (Å²) in [5.74, 6) is -1.58. The topological polar surface area (TPSA) is 102 Å². The highest BCUT2D eigenvalue weighted by Crippen LogP contribution is 2.20. The van der Waals surface area contributed by atoms with E-state index >= 15 is 0 Å². The third-order valence-corrected chi connectivity index (χ3v) is 3.75. The molecule has 21 heavy (non-hydrogen) atoms. The molecule has 2 rings (SSSR count). The van der Waals surface area contributed by atoms with Gasteiger partial charge < -0.3 is 5.32 Å². The lowest BCUT2D eigenvalue weighted by molar-refractivity contribution is 0.102. The van der Waals surface area contributed by atoms with Gasteiger partial charge in [0, 0.05) is 12.4 Å². The first kappa shape index (κ1) is 15.4. The van der Waals surface area contributed by atoms with E-state index in [0.717, 1.165) is 18.2 Å². The Morgan fingerprint density at radius 3 is 2.62 bits per heavy atom. The fourth-order valence-corrected chi connectivity index (χ4v) is 2.25. The number of nitrogens with two attached hydrogens (primary N) is 1. The van der Waals surface area contributed by atoms with Crippen LogP contribution in [0.15, 0.2) is 41.6 Å². The zero-order chi connectivity index (χ0) is 15.6. The number of amides is 1. The Labute approximate surface area is 124 Å². The number of rotatable bonds is 3. The normalized spacial score (nSPS) is 11.2. The number of nitrogens with zero attached hydrogens (tertiary/aromatic N) is 1. The monoisotopic (exact) mass is 329 g/mol. The highest BCUT2D eigenvalue weighted by molar-refractivity contribution is 7.89. The third-order valence-electron chi connectivity index (χ3n) is 2.53. The molecule has 9 heteroatoms. The van der Waals surface area contributed by atoms with Crippen molar-refractivity contribution in [3.63, 3.8) is 0 Å². The second-order valence-electron chi connectivity index (χ2n) is 4.00. The van der Waals surface area contributed by atoms with E-state index in [1.807, 2.05) is 0 Å². The lowest BCUT2D eigenvalue weighted by atomic mass is 10.2. The molecule has 0 aliphatic rings. The van der Waals surface area contributed by atoms with Crippen LogP contribution in [0.5, 0.6) is 0 Å². The van der Waals surface area contributed by atoms with Crippen LogP contribution in [0.2, 0.25) is 5.02 Å². The first-order chi connectivity index (χ1) is 9.79. The van der Waals surface area contributed by atoms with Gasteiger partial charge in [-0.25, -0.2) is 17.9 Å². The van der Waals surface area contributed by atoms with Gasteiger partial charge in [-0.05, 0) is 24.3 Å². The quantitative estimate of drug-likeness (QED) is 0.895. The maximum atomic E-state index is 13.8. The average molecular weight is 330 g/mol. The first-order valence-electron chi connectivity index (χ1n) is 5.52. The van der Waals surface area contributed by atoms with E-state index in [4.69, 9.17) is 16.7 Å². The van der Waals surface area contributed by atoms with Gasteiger partial charge in [0.05, 0.1) is 21.2 Å². The number of hydrogen-bond donors (Lipinski definition) is 2. The van der Waals surface area contributed by atoms with Gasteiger partial charge in [-0.2, -0.15) is 0 Å². The molecule has 0 saturated heterocycles. The summed E-state index contributed by atoms with van der Waals surface area (Å²) in [5, 5.41) is 7.27. The number of carbonyl (C=O) groups is 1. The van der Waals surface area contributed by atoms with Gasteiger partial charge in [0.1, 0.15) is 5.82 Å². The Morgan fingerprint density at radius 2 is 2.05 bits per heavy atom. The standard InChI is InChI=1S/C12H9ClFN3O3S/c13-9-6-16-4-3-8(9)12(18)17-11-2-1-7(5-10(11)14)21(15,19)20/h1-6H,(H,17,18)(H2,15,19,20). The summed E-state index contributed by atoms with van der Waals surface area (Å²) < 4.78 is 35.9. The number of primary sulfonamides is 1. The molecule has 6 nitrogen and oxygen atoms in total. The number of anilines is 1. The van der Waals surface area contributed by atoms with Gasteiger partial charge in [0.15, 0.2) is 0 Å². The van der Waals surface area contributed by atoms with Crippen molar-refractivity contribution in [3.05, 3.63) is 53.1 Å². The van der Waals surface area contributed by atoms with Crippen LogP contribution in [0.3, 0.4) is 0 Å². The molecule has 2 aromatic rings. The number of nitrogens with one attached hydrogen (secondary N) is 1. The maximum absolute atomic E-state index is 13.8. The molecule has 0 aliphatic heterocycles. The first-order valence-corrected chi connectivity index (χ1v) is 7.44. The molecule has 1 aromatic heterocycles. The Kier molecular flexibility index (Phi) is 4.21. The fraction of sp³-hybridized carbons (Fsp3) is 0. The minimum absolute atomic E-state index is 0.108. The number of carbonyl (C=O) groups excluding carboxylic acids is 1. The van der Waals surface area contributed by atoms with Gasteiger partial charge in [0.25, 0.3) is 5.91 Å². The second kappa shape index (κ2) is 5.76. The summed E-state index contributed by atoms with van der Waals surface area (Å²) in [7, 11) is -4.01.